The number of anilines is 1. The summed E-state index contributed by atoms with van der Waals surface area (Å²) < 4.78 is 57.0. The van der Waals surface area contributed by atoms with E-state index >= 15 is 0 Å². The lowest BCUT2D eigenvalue weighted by molar-refractivity contribution is -0.116. The van der Waals surface area contributed by atoms with Crippen LogP contribution in [0.4, 0.5) is 5.69 Å². The second-order valence-corrected chi connectivity index (χ2v) is 9.29. The molecule has 140 valence electrons. The maximum absolute atomic E-state index is 12.4. The van der Waals surface area contributed by atoms with Gasteiger partial charge < -0.3 is 4.74 Å². The normalized spacial score (nSPS) is 17.2. The highest BCUT2D eigenvalue weighted by Crippen LogP contribution is 2.28. The average molecular weight is 390 g/mol. The van der Waals surface area contributed by atoms with E-state index in [2.05, 4.69) is 4.72 Å². The van der Waals surface area contributed by atoms with Crippen LogP contribution in [0, 0.1) is 6.92 Å². The van der Waals surface area contributed by atoms with Crippen molar-refractivity contribution in [3.63, 3.8) is 0 Å². The lowest BCUT2D eigenvalue weighted by Gasteiger charge is -2.17. The summed E-state index contributed by atoms with van der Waals surface area (Å²) in [5.41, 5.74) is 0.528. The number of carbonyl (C=O) groups excluding carboxylic acids is 1. The quantitative estimate of drug-likeness (QED) is 0.657. The molecule has 0 aliphatic carbocycles. The van der Waals surface area contributed by atoms with Crippen LogP contribution in [0.15, 0.2) is 23.1 Å². The summed E-state index contributed by atoms with van der Waals surface area (Å²) in [7, 11) is -7.39. The van der Waals surface area contributed by atoms with Crippen molar-refractivity contribution in [1.82, 2.24) is 4.72 Å². The van der Waals surface area contributed by atoms with Gasteiger partial charge >= 0.3 is 0 Å². The fourth-order valence-electron chi connectivity index (χ4n) is 2.53. The number of hydrogen-bond acceptors (Lipinski definition) is 6. The molecule has 1 aliphatic rings. The predicted molar refractivity (Wildman–Crippen MR) is 93.4 cm³/mol. The smallest absolute Gasteiger partial charge is 0.242 e. The van der Waals surface area contributed by atoms with Crippen molar-refractivity contribution in [1.29, 1.82) is 0 Å². The van der Waals surface area contributed by atoms with Crippen LogP contribution in [0.2, 0.25) is 0 Å². The second kappa shape index (κ2) is 7.81. The van der Waals surface area contributed by atoms with Crippen LogP contribution in [-0.2, 0) is 29.6 Å². The molecule has 1 N–H and O–H groups in total. The predicted octanol–water partition coefficient (Wildman–Crippen LogP) is 0.766. The second-order valence-electron chi connectivity index (χ2n) is 5.62. The third-order valence-electron chi connectivity index (χ3n) is 3.72. The number of hydrogen-bond donors (Lipinski definition) is 1. The zero-order valence-electron chi connectivity index (χ0n) is 14.2. The fraction of sp³-hybridized carbons (Fsp3) is 0.533. The van der Waals surface area contributed by atoms with E-state index in [1.54, 1.807) is 6.92 Å². The van der Waals surface area contributed by atoms with Crippen LogP contribution in [0.1, 0.15) is 25.3 Å². The van der Waals surface area contributed by atoms with Crippen LogP contribution in [0.25, 0.3) is 0 Å². The molecule has 0 radical (unpaired) electrons. The summed E-state index contributed by atoms with van der Waals surface area (Å²) in [4.78, 5) is 11.9. The van der Waals surface area contributed by atoms with Gasteiger partial charge in [-0.3, -0.25) is 4.79 Å². The highest BCUT2D eigenvalue weighted by atomic mass is 32.2. The summed E-state index contributed by atoms with van der Waals surface area (Å²) in [5.74, 6) is -0.740. The van der Waals surface area contributed by atoms with Crippen molar-refractivity contribution in [2.24, 2.45) is 0 Å². The molecule has 8 nitrogen and oxygen atoms in total. The molecule has 1 saturated heterocycles. The minimum atomic E-state index is -3.72. The van der Waals surface area contributed by atoms with Gasteiger partial charge in [0, 0.05) is 26.2 Å². The van der Waals surface area contributed by atoms with E-state index in [0.717, 1.165) is 4.31 Å². The third-order valence-corrected chi connectivity index (χ3v) is 7.03. The van der Waals surface area contributed by atoms with Crippen molar-refractivity contribution < 1.29 is 26.4 Å². The zero-order chi connectivity index (χ0) is 18.7. The molecule has 1 aliphatic heterocycles. The largest absolute Gasteiger partial charge is 0.382 e. The SMILES string of the molecule is CCOCCCNS(=O)(=O)c1ccc(N2C(=O)CCS2(=O)=O)cc1C. The molecule has 1 aromatic carbocycles. The first kappa shape index (κ1) is 19.8. The van der Waals surface area contributed by atoms with Gasteiger partial charge in [0.05, 0.1) is 16.3 Å². The molecule has 0 atom stereocenters. The number of carbonyl (C=O) groups is 1. The number of nitrogens with zero attached hydrogens (tertiary/aromatic N) is 1. The van der Waals surface area contributed by atoms with E-state index < -0.39 is 26.0 Å². The Morgan fingerprint density at radius 3 is 2.60 bits per heavy atom. The first-order valence-corrected chi connectivity index (χ1v) is 11.0. The topological polar surface area (TPSA) is 110 Å². The molecular weight excluding hydrogens is 368 g/mol. The minimum Gasteiger partial charge on any atom is -0.382 e. The van der Waals surface area contributed by atoms with Gasteiger partial charge in [-0.2, -0.15) is 0 Å². The van der Waals surface area contributed by atoms with E-state index in [1.807, 2.05) is 6.92 Å². The molecule has 1 fully saturated rings. The lowest BCUT2D eigenvalue weighted by Crippen LogP contribution is -2.30. The van der Waals surface area contributed by atoms with Gasteiger partial charge in [0.15, 0.2) is 0 Å². The number of benzene rings is 1. The Morgan fingerprint density at radius 1 is 1.32 bits per heavy atom. The van der Waals surface area contributed by atoms with Crippen LogP contribution < -0.4 is 9.03 Å². The van der Waals surface area contributed by atoms with Gasteiger partial charge in [0.1, 0.15) is 0 Å². The van der Waals surface area contributed by atoms with E-state index in [-0.39, 0.29) is 29.3 Å². The van der Waals surface area contributed by atoms with Gasteiger partial charge in [-0.1, -0.05) is 0 Å². The first-order chi connectivity index (χ1) is 11.7. The fourth-order valence-corrected chi connectivity index (χ4v) is 5.28. The lowest BCUT2D eigenvalue weighted by atomic mass is 10.2. The molecule has 1 amide bonds. The Balaban J connectivity index is 2.18. The molecule has 2 rings (SSSR count). The first-order valence-electron chi connectivity index (χ1n) is 7.93. The van der Waals surface area contributed by atoms with Gasteiger partial charge in [0.25, 0.3) is 0 Å². The van der Waals surface area contributed by atoms with E-state index in [0.29, 0.717) is 25.2 Å². The van der Waals surface area contributed by atoms with Gasteiger partial charge in [-0.25, -0.2) is 25.9 Å². The molecule has 0 spiro atoms. The van der Waals surface area contributed by atoms with Gasteiger partial charge in [0.2, 0.25) is 26.0 Å². The Bertz CT molecular complexity index is 849. The average Bonchev–Trinajstić information content (AvgIpc) is 2.80. The molecule has 0 unspecified atom stereocenters. The number of nitrogens with one attached hydrogen (secondary N) is 1. The summed E-state index contributed by atoms with van der Waals surface area (Å²) in [5, 5.41) is 0. The molecule has 1 heterocycles. The summed E-state index contributed by atoms with van der Waals surface area (Å²) in [6, 6.07) is 4.05. The standard InChI is InChI=1S/C15H22N2O6S2/c1-3-23-9-4-8-16-25(21,22)14-6-5-13(11-12(14)2)17-15(18)7-10-24(17,19)20/h5-6,11,16H,3-4,7-10H2,1-2H3. The van der Waals surface area contributed by atoms with Gasteiger partial charge in [-0.15, -0.1) is 0 Å². The van der Waals surface area contributed by atoms with Crippen LogP contribution in [0.3, 0.4) is 0 Å². The van der Waals surface area contributed by atoms with Crippen LogP contribution in [-0.4, -0.2) is 48.3 Å². The highest BCUT2D eigenvalue weighted by Gasteiger charge is 2.36. The number of sulfonamides is 2. The third kappa shape index (κ3) is 4.57. The summed E-state index contributed by atoms with van der Waals surface area (Å²) in [6.45, 7) is 4.70. The van der Waals surface area contributed by atoms with Crippen molar-refractivity contribution in [3.05, 3.63) is 23.8 Å². The number of rotatable bonds is 8. The molecule has 1 aromatic rings. The highest BCUT2D eigenvalue weighted by molar-refractivity contribution is 7.94. The molecule has 10 heteroatoms. The van der Waals surface area contributed by atoms with E-state index in [4.69, 9.17) is 4.74 Å². The zero-order valence-corrected chi connectivity index (χ0v) is 15.8. The van der Waals surface area contributed by atoms with Crippen molar-refractivity contribution >= 4 is 31.6 Å². The number of amides is 1. The molecule has 0 saturated carbocycles. The Labute approximate surface area is 148 Å². The monoisotopic (exact) mass is 390 g/mol. The Morgan fingerprint density at radius 2 is 2.04 bits per heavy atom. The minimum absolute atomic E-state index is 0.0525. The summed E-state index contributed by atoms with van der Waals surface area (Å²) in [6.07, 6.45) is 0.480. The summed E-state index contributed by atoms with van der Waals surface area (Å²) >= 11 is 0. The Kier molecular flexibility index (Phi) is 6.20. The van der Waals surface area contributed by atoms with Crippen LogP contribution in [0.5, 0.6) is 0 Å². The van der Waals surface area contributed by atoms with Crippen LogP contribution >= 0.6 is 0 Å². The van der Waals surface area contributed by atoms with Crippen molar-refractivity contribution in [2.75, 3.05) is 29.8 Å². The Hall–Kier alpha value is -1.49. The van der Waals surface area contributed by atoms with Crippen molar-refractivity contribution in [2.45, 2.75) is 31.6 Å². The molecule has 25 heavy (non-hydrogen) atoms. The molecule has 0 bridgehead atoms. The van der Waals surface area contributed by atoms with E-state index in [1.165, 1.54) is 18.2 Å². The number of ether oxygens (including phenoxy) is 1. The molecular formula is C15H22N2O6S2. The van der Waals surface area contributed by atoms with Crippen molar-refractivity contribution in [3.8, 4) is 0 Å². The maximum Gasteiger partial charge on any atom is 0.242 e. The maximum atomic E-state index is 12.4. The molecule has 0 aromatic heterocycles. The number of aryl methyl sites for hydroxylation is 1. The van der Waals surface area contributed by atoms with E-state index in [9.17, 15) is 21.6 Å². The van der Waals surface area contributed by atoms with Gasteiger partial charge in [-0.05, 0) is 44.0 Å².